The lowest BCUT2D eigenvalue weighted by Crippen LogP contribution is -1.91. The molecule has 0 atom stereocenters. The first-order valence-corrected chi connectivity index (χ1v) is 42.2. The van der Waals surface area contributed by atoms with Crippen molar-refractivity contribution in [2.75, 3.05) is 149 Å². The summed E-state index contributed by atoms with van der Waals surface area (Å²) < 4.78 is 0. The molecule has 0 bridgehead atoms. The Bertz CT molecular complexity index is 525. The Hall–Kier alpha value is 7.70. The first-order valence-electron chi connectivity index (χ1n) is 15.9. The molecule has 0 unspecified atom stereocenters. The summed E-state index contributed by atoms with van der Waals surface area (Å²) in [6, 6.07) is 0. The van der Waals surface area contributed by atoms with E-state index in [0.717, 1.165) is 5.08 Å². The van der Waals surface area contributed by atoms with Gasteiger partial charge in [-0.1, -0.05) is 169 Å². The number of thioether (sulfide) groups is 6. The fourth-order valence-corrected chi connectivity index (χ4v) is 29.3. The zero-order valence-electron chi connectivity index (χ0n) is 28.4. The Labute approximate surface area is 393 Å². The minimum absolute atomic E-state index is 1.08. The van der Waals surface area contributed by atoms with Crippen molar-refractivity contribution >= 4 is 244 Å². The third kappa shape index (κ3) is 55.7. The molecule has 0 spiro atoms. The lowest BCUT2D eigenvalue weighted by atomic mass is 10.9. The topological polar surface area (TPSA) is 0 Å². The molecule has 0 nitrogen and oxygen atoms in total. The highest BCUT2D eigenvalue weighted by molar-refractivity contribution is 8.82. The van der Waals surface area contributed by atoms with Crippen molar-refractivity contribution in [3.8, 4) is 0 Å². The van der Waals surface area contributed by atoms with Gasteiger partial charge in [0, 0.05) is 138 Å². The number of hydrogen-bond donors (Lipinski definition) is 1. The average Bonchev–Trinajstić information content (AvgIpc) is 3.11. The summed E-state index contributed by atoms with van der Waals surface area (Å²) in [7, 11) is 30.3. The molecule has 0 aliphatic heterocycles. The summed E-state index contributed by atoms with van der Waals surface area (Å²) in [6.45, 7) is 2.25. The second kappa shape index (κ2) is 55.7. The minimum atomic E-state index is 1.08. The number of rotatable bonds is 46. The van der Waals surface area contributed by atoms with Crippen LogP contribution in [0.3, 0.4) is 0 Å². The Kier molecular flexibility index (Phi) is 64.5. The van der Waals surface area contributed by atoms with E-state index in [0.29, 0.717) is 0 Å². The van der Waals surface area contributed by atoms with E-state index in [4.69, 9.17) is 0 Å². The molecule has 0 aliphatic carbocycles. The lowest BCUT2D eigenvalue weighted by molar-refractivity contribution is 1.48. The molecule has 0 radical (unpaired) electrons. The van der Waals surface area contributed by atoms with Gasteiger partial charge in [-0.2, -0.15) is 70.6 Å². The van der Waals surface area contributed by atoms with E-state index in [1.54, 1.807) is 10.8 Å². The van der Waals surface area contributed by atoms with Gasteiger partial charge in [-0.05, 0) is 5.75 Å². The van der Waals surface area contributed by atoms with Gasteiger partial charge in [-0.3, -0.25) is 0 Å². The first kappa shape index (κ1) is 56.7. The van der Waals surface area contributed by atoms with Gasteiger partial charge in [0.1, 0.15) is 0 Å². The van der Waals surface area contributed by atoms with E-state index in [-0.39, 0.29) is 0 Å². The van der Waals surface area contributed by atoms with Gasteiger partial charge < -0.3 is 0 Å². The smallest absolute Gasteiger partial charge is 0.0597 e. The molecule has 0 aromatic rings. The monoisotopic (exact) mass is 1080 g/mol. The summed E-state index contributed by atoms with van der Waals surface area (Å²) in [5.41, 5.74) is 0. The van der Waals surface area contributed by atoms with Gasteiger partial charge >= 0.3 is 0 Å². The van der Waals surface area contributed by atoms with E-state index in [2.05, 4.69) is 197 Å². The molecular weight excluding hydrogens is 1030 g/mol. The third-order valence-electron chi connectivity index (χ3n) is 4.56. The fraction of sp³-hybridized carbons (Fsp3) is 1.00. The van der Waals surface area contributed by atoms with E-state index in [9.17, 15) is 0 Å². The minimum Gasteiger partial charge on any atom is -0.161 e. The molecule has 49 heavy (non-hydrogen) atoms. The molecule has 0 saturated heterocycles. The molecule has 22 heteroatoms. The molecule has 0 aliphatic rings. The van der Waals surface area contributed by atoms with Crippen LogP contribution in [0.2, 0.25) is 0 Å². The quantitative estimate of drug-likeness (QED) is 0.0266. The third-order valence-corrected chi connectivity index (χ3v) is 32.1. The van der Waals surface area contributed by atoms with Crippen LogP contribution < -0.4 is 0 Å². The van der Waals surface area contributed by atoms with E-state index in [1.807, 2.05) is 43.2 Å². The molecule has 0 rings (SSSR count). The zero-order valence-corrected chi connectivity index (χ0v) is 46.4. The Morgan fingerprint density at radius 2 is 0.429 bits per heavy atom. The van der Waals surface area contributed by atoms with Crippen molar-refractivity contribution in [1.82, 2.24) is 0 Å². The van der Waals surface area contributed by atoms with Crippen molar-refractivity contribution in [1.29, 1.82) is 0 Å². The summed E-state index contributed by atoms with van der Waals surface area (Å²) in [5, 5.41) is 1.08. The van der Waals surface area contributed by atoms with Crippen molar-refractivity contribution in [3.63, 3.8) is 0 Å². The molecule has 296 valence electrons. The molecular formula is C27H56S22. The van der Waals surface area contributed by atoms with Gasteiger partial charge in [0.05, 0.1) is 5.08 Å². The largest absolute Gasteiger partial charge is 0.161 e. The molecule has 0 amide bonds. The molecule has 0 heterocycles. The molecule has 0 fully saturated rings. The van der Waals surface area contributed by atoms with Crippen LogP contribution in [0.4, 0.5) is 0 Å². The second-order valence-electron chi connectivity index (χ2n) is 8.31. The highest BCUT2D eigenvalue weighted by Crippen LogP contribution is 2.31. The van der Waals surface area contributed by atoms with Crippen LogP contribution in [-0.2, 0) is 0 Å². The zero-order chi connectivity index (χ0) is 35.2. The van der Waals surface area contributed by atoms with Crippen LogP contribution in [0.5, 0.6) is 0 Å². The Morgan fingerprint density at radius 3 is 0.633 bits per heavy atom. The van der Waals surface area contributed by atoms with E-state index >= 15 is 0 Å². The van der Waals surface area contributed by atoms with Gasteiger partial charge in [0.2, 0.25) is 0 Å². The Morgan fingerprint density at radius 1 is 0.245 bits per heavy atom. The van der Waals surface area contributed by atoms with Crippen LogP contribution in [0.15, 0.2) is 0 Å². The summed E-state index contributed by atoms with van der Waals surface area (Å²) in [5.74, 6) is 32.2. The summed E-state index contributed by atoms with van der Waals surface area (Å²) in [6.07, 6.45) is 0. The van der Waals surface area contributed by atoms with Crippen molar-refractivity contribution < 1.29 is 0 Å². The van der Waals surface area contributed by atoms with Crippen molar-refractivity contribution in [2.24, 2.45) is 0 Å². The predicted octanol–water partition coefficient (Wildman–Crippen LogP) is 15.6. The maximum Gasteiger partial charge on any atom is 0.0597 e. The van der Waals surface area contributed by atoms with Crippen LogP contribution >= 0.6 is 244 Å². The molecule has 0 aromatic heterocycles. The van der Waals surface area contributed by atoms with Crippen LogP contribution in [0, 0.1) is 0 Å². The van der Waals surface area contributed by atoms with Gasteiger partial charge in [-0.25, -0.2) is 0 Å². The highest BCUT2D eigenvalue weighted by Gasteiger charge is 1.99. The normalized spacial score (nSPS) is 11.6. The lowest BCUT2D eigenvalue weighted by Gasteiger charge is -2.04. The standard InChI is InChI=1S/C27H56S22/c1-2-29-3-14-36-37-15-4-30-5-16-38-39-17-6-31-7-18-40-41-19-8-32-9-20-42-43-21-10-33-11-22-44-45-23-12-34-13-24-46-47-25-26-48-49-27-35-28/h28H,2-27H2,1H3. The molecule has 0 aromatic carbocycles. The molecule has 0 N–H and O–H groups in total. The SMILES string of the molecule is CCSCCSSCCSCCSSCCSCCSSCCSCCSSCCSCCSSCCSCCSSCCSSCSS. The molecule has 0 saturated carbocycles. The number of hydrogen-bond acceptors (Lipinski definition) is 22. The van der Waals surface area contributed by atoms with Gasteiger partial charge in [0.15, 0.2) is 0 Å². The summed E-state index contributed by atoms with van der Waals surface area (Å²) >= 11 is 16.9. The second-order valence-corrected chi connectivity index (χ2v) is 36.3. The van der Waals surface area contributed by atoms with Crippen LogP contribution in [0.1, 0.15) is 6.92 Å². The van der Waals surface area contributed by atoms with E-state index < -0.39 is 0 Å². The van der Waals surface area contributed by atoms with Crippen LogP contribution in [0.25, 0.3) is 0 Å². The van der Waals surface area contributed by atoms with Crippen molar-refractivity contribution in [3.05, 3.63) is 0 Å². The maximum absolute atomic E-state index is 4.16. The first-order chi connectivity index (χ1) is 24.4. The van der Waals surface area contributed by atoms with Crippen LogP contribution in [-0.4, -0.2) is 149 Å². The van der Waals surface area contributed by atoms with Gasteiger partial charge in [0.25, 0.3) is 0 Å². The summed E-state index contributed by atoms with van der Waals surface area (Å²) in [4.78, 5) is 0. The fourth-order valence-electron chi connectivity index (χ4n) is 2.57. The van der Waals surface area contributed by atoms with Crippen molar-refractivity contribution in [2.45, 2.75) is 6.92 Å². The van der Waals surface area contributed by atoms with E-state index in [1.165, 1.54) is 144 Å². The maximum atomic E-state index is 4.16. The Balaban J connectivity index is 3.04. The predicted molar refractivity (Wildman–Crippen MR) is 301 cm³/mol. The highest BCUT2D eigenvalue weighted by atomic mass is 33.1. The average molecular weight is 1090 g/mol. The van der Waals surface area contributed by atoms with Gasteiger partial charge in [-0.15, -0.1) is 11.7 Å². The number of thiol groups is 1.